The highest BCUT2D eigenvalue weighted by Gasteiger charge is 2.34. The van der Waals surface area contributed by atoms with Crippen molar-refractivity contribution in [2.24, 2.45) is 0 Å². The molecular formula is C11H13N5O3. The maximum absolute atomic E-state index is 9.86. The Bertz CT molecular complexity index is 665. The van der Waals surface area contributed by atoms with Gasteiger partial charge in [0.05, 0.1) is 12.9 Å². The second kappa shape index (κ2) is 4.18. The number of hydrogen-bond donors (Lipinski definition) is 3. The van der Waals surface area contributed by atoms with E-state index < -0.39 is 12.3 Å². The summed E-state index contributed by atoms with van der Waals surface area (Å²) in [5, 5.41) is 19.0. The van der Waals surface area contributed by atoms with Crippen LogP contribution in [0.5, 0.6) is 0 Å². The predicted molar refractivity (Wildman–Crippen MR) is 66.1 cm³/mol. The van der Waals surface area contributed by atoms with E-state index >= 15 is 0 Å². The minimum absolute atomic E-state index is 0.0383. The third kappa shape index (κ3) is 1.65. The van der Waals surface area contributed by atoms with Gasteiger partial charge >= 0.3 is 0 Å². The van der Waals surface area contributed by atoms with Gasteiger partial charge in [-0.25, -0.2) is 15.0 Å². The third-order valence-corrected chi connectivity index (χ3v) is 3.18. The normalized spacial score (nSPS) is 23.5. The number of ether oxygens (including phenoxy) is 1. The first-order valence-corrected chi connectivity index (χ1v) is 5.72. The summed E-state index contributed by atoms with van der Waals surface area (Å²) in [7, 11) is 0. The summed E-state index contributed by atoms with van der Waals surface area (Å²) >= 11 is 0. The highest BCUT2D eigenvalue weighted by Crippen LogP contribution is 2.34. The summed E-state index contributed by atoms with van der Waals surface area (Å²) in [6.45, 7) is 1.44. The number of aliphatic hydroxyl groups excluding tert-OH is 2. The molecule has 0 saturated carbocycles. The van der Waals surface area contributed by atoms with Crippen molar-refractivity contribution in [1.29, 1.82) is 0 Å². The lowest BCUT2D eigenvalue weighted by molar-refractivity contribution is -0.0242. The van der Waals surface area contributed by atoms with E-state index in [9.17, 15) is 5.11 Å². The average molecular weight is 263 g/mol. The second-order valence-electron chi connectivity index (χ2n) is 4.31. The Morgan fingerprint density at radius 3 is 2.89 bits per heavy atom. The largest absolute Gasteiger partial charge is 0.509 e. The molecule has 4 N–H and O–H groups in total. The van der Waals surface area contributed by atoms with Gasteiger partial charge in [-0.3, -0.25) is 4.57 Å². The van der Waals surface area contributed by atoms with Crippen molar-refractivity contribution in [1.82, 2.24) is 19.5 Å². The Hall–Kier alpha value is -2.19. The van der Waals surface area contributed by atoms with E-state index in [2.05, 4.69) is 15.0 Å². The monoisotopic (exact) mass is 263 g/mol. The van der Waals surface area contributed by atoms with Gasteiger partial charge in [0, 0.05) is 5.57 Å². The van der Waals surface area contributed by atoms with Gasteiger partial charge in [-0.1, -0.05) is 0 Å². The maximum atomic E-state index is 9.86. The van der Waals surface area contributed by atoms with Crippen LogP contribution in [0.2, 0.25) is 0 Å². The molecule has 2 aromatic heterocycles. The van der Waals surface area contributed by atoms with E-state index in [0.717, 1.165) is 0 Å². The van der Waals surface area contributed by atoms with Gasteiger partial charge in [-0.2, -0.15) is 0 Å². The molecular weight excluding hydrogens is 250 g/mol. The number of aromatic nitrogens is 4. The van der Waals surface area contributed by atoms with E-state index in [1.54, 1.807) is 11.5 Å². The van der Waals surface area contributed by atoms with Crippen molar-refractivity contribution in [3.05, 3.63) is 24.0 Å². The fourth-order valence-corrected chi connectivity index (χ4v) is 2.15. The van der Waals surface area contributed by atoms with Crippen LogP contribution in [0.1, 0.15) is 13.2 Å². The van der Waals surface area contributed by atoms with Gasteiger partial charge in [0.1, 0.15) is 23.7 Å². The Balaban J connectivity index is 2.10. The lowest BCUT2D eigenvalue weighted by atomic mass is 10.2. The third-order valence-electron chi connectivity index (χ3n) is 3.18. The molecule has 0 spiro atoms. The van der Waals surface area contributed by atoms with Gasteiger partial charge < -0.3 is 20.7 Å². The average Bonchev–Trinajstić information content (AvgIpc) is 2.94. The van der Waals surface area contributed by atoms with Crippen molar-refractivity contribution >= 4 is 17.0 Å². The Labute approximate surface area is 108 Å². The smallest absolute Gasteiger partial charge is 0.167 e. The molecule has 8 heteroatoms. The number of hydrogen-bond acceptors (Lipinski definition) is 7. The number of imidazole rings is 1. The minimum Gasteiger partial charge on any atom is -0.509 e. The van der Waals surface area contributed by atoms with E-state index in [0.29, 0.717) is 16.7 Å². The van der Waals surface area contributed by atoms with Gasteiger partial charge in [0.15, 0.2) is 17.7 Å². The van der Waals surface area contributed by atoms with Crippen LogP contribution < -0.4 is 5.73 Å². The molecule has 19 heavy (non-hydrogen) atoms. The first-order chi connectivity index (χ1) is 9.13. The summed E-state index contributed by atoms with van der Waals surface area (Å²) in [5.41, 5.74) is 7.32. The van der Waals surface area contributed by atoms with Crippen molar-refractivity contribution in [3.8, 4) is 0 Å². The lowest BCUT2D eigenvalue weighted by Crippen LogP contribution is -2.18. The summed E-state index contributed by atoms with van der Waals surface area (Å²) in [5.74, 6) is 0.322. The number of nitrogen functional groups attached to an aromatic ring is 1. The molecule has 0 fully saturated rings. The zero-order chi connectivity index (χ0) is 13.6. The quantitative estimate of drug-likeness (QED) is 0.704. The predicted octanol–water partition coefficient (Wildman–Crippen LogP) is 0.130. The molecule has 2 atom stereocenters. The van der Waals surface area contributed by atoms with Crippen LogP contribution in [0.4, 0.5) is 5.82 Å². The molecule has 1 aliphatic heterocycles. The first-order valence-electron chi connectivity index (χ1n) is 5.72. The Morgan fingerprint density at radius 1 is 1.42 bits per heavy atom. The van der Waals surface area contributed by atoms with Crippen LogP contribution in [0.15, 0.2) is 24.0 Å². The molecule has 0 bridgehead atoms. The van der Waals surface area contributed by atoms with E-state index in [1.807, 2.05) is 0 Å². The molecule has 0 amide bonds. The SMILES string of the molecule is CC1=C(O)[C@@H](CO)O[C@H]1n1cnc2c(N)ncnc21. The molecule has 0 unspecified atom stereocenters. The number of anilines is 1. The van der Waals surface area contributed by atoms with Crippen LogP contribution in [0.25, 0.3) is 11.2 Å². The molecule has 0 aliphatic carbocycles. The fourth-order valence-electron chi connectivity index (χ4n) is 2.15. The van der Waals surface area contributed by atoms with Crippen LogP contribution in [0, 0.1) is 0 Å². The van der Waals surface area contributed by atoms with Crippen molar-refractivity contribution in [2.75, 3.05) is 12.3 Å². The number of rotatable bonds is 2. The fraction of sp³-hybridized carbons (Fsp3) is 0.364. The molecule has 2 aromatic rings. The summed E-state index contributed by atoms with van der Waals surface area (Å²) in [6, 6.07) is 0. The topological polar surface area (TPSA) is 119 Å². The first kappa shape index (κ1) is 11.9. The molecule has 3 heterocycles. The van der Waals surface area contributed by atoms with Crippen molar-refractivity contribution in [3.63, 3.8) is 0 Å². The molecule has 100 valence electrons. The number of nitrogens with zero attached hydrogens (tertiary/aromatic N) is 4. The van der Waals surface area contributed by atoms with Crippen LogP contribution in [0.3, 0.4) is 0 Å². The Morgan fingerprint density at radius 2 is 2.21 bits per heavy atom. The number of aliphatic hydroxyl groups is 2. The van der Waals surface area contributed by atoms with E-state index in [4.69, 9.17) is 15.6 Å². The zero-order valence-electron chi connectivity index (χ0n) is 10.2. The highest BCUT2D eigenvalue weighted by atomic mass is 16.5. The maximum Gasteiger partial charge on any atom is 0.167 e. The zero-order valence-corrected chi connectivity index (χ0v) is 10.2. The molecule has 3 rings (SSSR count). The standard InChI is InChI=1S/C11H13N5O3/c1-5-8(18)6(2-17)19-11(5)16-4-15-7-9(12)13-3-14-10(7)16/h3-4,6,11,17-18H,2H2,1H3,(H2,12,13,14)/t6-,11-/m1/s1. The highest BCUT2D eigenvalue weighted by molar-refractivity contribution is 5.81. The molecule has 1 aliphatic rings. The van der Waals surface area contributed by atoms with Crippen molar-refractivity contribution in [2.45, 2.75) is 19.3 Å². The van der Waals surface area contributed by atoms with Gasteiger partial charge in [0.25, 0.3) is 0 Å². The number of nitrogens with two attached hydrogens (primary N) is 1. The lowest BCUT2D eigenvalue weighted by Gasteiger charge is -2.15. The van der Waals surface area contributed by atoms with Gasteiger partial charge in [-0.05, 0) is 6.92 Å². The molecule has 8 nitrogen and oxygen atoms in total. The van der Waals surface area contributed by atoms with E-state index in [-0.39, 0.29) is 18.2 Å². The summed E-state index contributed by atoms with van der Waals surface area (Å²) in [4.78, 5) is 12.1. The van der Waals surface area contributed by atoms with Crippen LogP contribution >= 0.6 is 0 Å². The second-order valence-corrected chi connectivity index (χ2v) is 4.31. The van der Waals surface area contributed by atoms with E-state index in [1.165, 1.54) is 12.7 Å². The van der Waals surface area contributed by atoms with Crippen LogP contribution in [-0.2, 0) is 4.74 Å². The Kier molecular flexibility index (Phi) is 2.61. The molecule has 0 radical (unpaired) electrons. The van der Waals surface area contributed by atoms with Gasteiger partial charge in [0.2, 0.25) is 0 Å². The van der Waals surface area contributed by atoms with Crippen molar-refractivity contribution < 1.29 is 14.9 Å². The molecule has 0 saturated heterocycles. The summed E-state index contributed by atoms with van der Waals surface area (Å²) in [6.07, 6.45) is 1.59. The minimum atomic E-state index is -0.721. The number of fused-ring (bicyclic) bond motifs is 1. The van der Waals surface area contributed by atoms with Crippen LogP contribution in [-0.4, -0.2) is 42.4 Å². The van der Waals surface area contributed by atoms with Gasteiger partial charge in [-0.15, -0.1) is 0 Å². The molecule has 0 aromatic carbocycles. The summed E-state index contributed by atoms with van der Waals surface area (Å²) < 4.78 is 7.22.